The molecule has 3 rings (SSSR count). The third kappa shape index (κ3) is 3.48. The standard InChI is InChI=1S/C18H22N4O2/c1-13-4-6-14(7-5-13)18(24)22-9-2-3-15(11-22)17-20-8-10-21(17)12-16(19)23/h4-8,10,15H,2-3,9,11-12H2,1H3,(H2,19,23). The lowest BCUT2D eigenvalue weighted by molar-refractivity contribution is -0.118. The van der Waals surface area contributed by atoms with Crippen LogP contribution in [0.1, 0.15) is 40.5 Å². The molecule has 2 heterocycles. The molecule has 0 spiro atoms. The molecule has 0 radical (unpaired) electrons. The molecule has 1 aromatic heterocycles. The second-order valence-electron chi connectivity index (χ2n) is 6.34. The molecule has 1 aliphatic rings. The van der Waals surface area contributed by atoms with E-state index in [1.54, 1.807) is 17.0 Å². The molecule has 1 aromatic carbocycles. The van der Waals surface area contributed by atoms with E-state index >= 15 is 0 Å². The van der Waals surface area contributed by atoms with E-state index in [1.165, 1.54) is 0 Å². The number of aromatic nitrogens is 2. The van der Waals surface area contributed by atoms with Crippen molar-refractivity contribution in [2.75, 3.05) is 13.1 Å². The van der Waals surface area contributed by atoms with E-state index in [2.05, 4.69) is 4.98 Å². The van der Waals surface area contributed by atoms with Gasteiger partial charge in [-0.15, -0.1) is 0 Å². The summed E-state index contributed by atoms with van der Waals surface area (Å²) in [6.07, 6.45) is 5.32. The Hall–Kier alpha value is -2.63. The number of piperidine rings is 1. The molecule has 2 N–H and O–H groups in total. The summed E-state index contributed by atoms with van der Waals surface area (Å²) in [5.74, 6) is 0.614. The summed E-state index contributed by atoms with van der Waals surface area (Å²) in [6, 6.07) is 7.65. The number of imidazole rings is 1. The fourth-order valence-corrected chi connectivity index (χ4v) is 3.23. The zero-order valence-electron chi connectivity index (χ0n) is 13.8. The van der Waals surface area contributed by atoms with Gasteiger partial charge in [0.1, 0.15) is 12.4 Å². The summed E-state index contributed by atoms with van der Waals surface area (Å²) in [6.45, 7) is 3.49. The van der Waals surface area contributed by atoms with Crippen LogP contribution in [0, 0.1) is 6.92 Å². The fourth-order valence-electron chi connectivity index (χ4n) is 3.23. The van der Waals surface area contributed by atoms with Gasteiger partial charge in [-0.1, -0.05) is 17.7 Å². The maximum absolute atomic E-state index is 12.7. The SMILES string of the molecule is Cc1ccc(C(=O)N2CCCC(c3nccn3CC(N)=O)C2)cc1. The van der Waals surface area contributed by atoms with Gasteiger partial charge in [-0.3, -0.25) is 9.59 Å². The van der Waals surface area contributed by atoms with Gasteiger partial charge in [0.25, 0.3) is 5.91 Å². The molecule has 1 saturated heterocycles. The molecule has 126 valence electrons. The first kappa shape index (κ1) is 16.2. The molecular weight excluding hydrogens is 304 g/mol. The van der Waals surface area contributed by atoms with Crippen molar-refractivity contribution in [1.29, 1.82) is 0 Å². The van der Waals surface area contributed by atoms with Crippen molar-refractivity contribution in [3.8, 4) is 0 Å². The molecule has 1 unspecified atom stereocenters. The number of rotatable bonds is 4. The molecule has 0 aliphatic carbocycles. The smallest absolute Gasteiger partial charge is 0.253 e. The lowest BCUT2D eigenvalue weighted by atomic mass is 9.96. The van der Waals surface area contributed by atoms with E-state index in [0.717, 1.165) is 30.8 Å². The van der Waals surface area contributed by atoms with Gasteiger partial charge in [-0.05, 0) is 31.9 Å². The van der Waals surface area contributed by atoms with Crippen LogP contribution in [-0.4, -0.2) is 39.4 Å². The number of primary amides is 1. The second-order valence-corrected chi connectivity index (χ2v) is 6.34. The average Bonchev–Trinajstić information content (AvgIpc) is 3.02. The van der Waals surface area contributed by atoms with Crippen molar-refractivity contribution in [2.24, 2.45) is 5.73 Å². The predicted molar refractivity (Wildman–Crippen MR) is 90.5 cm³/mol. The molecule has 2 amide bonds. The van der Waals surface area contributed by atoms with Crippen molar-refractivity contribution in [3.05, 3.63) is 53.6 Å². The lowest BCUT2D eigenvalue weighted by Crippen LogP contribution is -2.40. The summed E-state index contributed by atoms with van der Waals surface area (Å²) >= 11 is 0. The number of hydrogen-bond acceptors (Lipinski definition) is 3. The molecule has 2 aromatic rings. The summed E-state index contributed by atoms with van der Waals surface area (Å²) in [5.41, 5.74) is 7.14. The van der Waals surface area contributed by atoms with Gasteiger partial charge in [-0.2, -0.15) is 0 Å². The maximum Gasteiger partial charge on any atom is 0.253 e. The number of benzene rings is 1. The van der Waals surface area contributed by atoms with Gasteiger partial charge in [0.05, 0.1) is 0 Å². The van der Waals surface area contributed by atoms with Crippen LogP contribution in [0.3, 0.4) is 0 Å². The number of carbonyl (C=O) groups is 2. The Bertz CT molecular complexity index is 736. The van der Waals surface area contributed by atoms with Crippen LogP contribution in [-0.2, 0) is 11.3 Å². The minimum Gasteiger partial charge on any atom is -0.368 e. The molecule has 6 nitrogen and oxygen atoms in total. The van der Waals surface area contributed by atoms with E-state index in [4.69, 9.17) is 5.73 Å². The normalized spacial score (nSPS) is 17.7. The number of carbonyl (C=O) groups excluding carboxylic acids is 2. The monoisotopic (exact) mass is 326 g/mol. The molecule has 1 aliphatic heterocycles. The van der Waals surface area contributed by atoms with E-state index < -0.39 is 5.91 Å². The van der Waals surface area contributed by atoms with Crippen LogP contribution in [0.25, 0.3) is 0 Å². The van der Waals surface area contributed by atoms with E-state index in [1.807, 2.05) is 36.1 Å². The Kier molecular flexibility index (Phi) is 4.64. The highest BCUT2D eigenvalue weighted by molar-refractivity contribution is 5.94. The third-order valence-corrected chi connectivity index (χ3v) is 4.45. The molecule has 0 saturated carbocycles. The van der Waals surface area contributed by atoms with Gasteiger partial charge >= 0.3 is 0 Å². The zero-order chi connectivity index (χ0) is 17.1. The quantitative estimate of drug-likeness (QED) is 0.928. The average molecular weight is 326 g/mol. The van der Waals surface area contributed by atoms with Crippen LogP contribution in [0.15, 0.2) is 36.7 Å². The minimum absolute atomic E-state index is 0.0488. The van der Waals surface area contributed by atoms with Crippen molar-refractivity contribution in [2.45, 2.75) is 32.2 Å². The summed E-state index contributed by atoms with van der Waals surface area (Å²) in [4.78, 5) is 30.2. The van der Waals surface area contributed by atoms with Crippen molar-refractivity contribution in [1.82, 2.24) is 14.5 Å². The van der Waals surface area contributed by atoms with E-state index in [0.29, 0.717) is 12.1 Å². The zero-order valence-corrected chi connectivity index (χ0v) is 13.8. The topological polar surface area (TPSA) is 81.2 Å². The summed E-state index contributed by atoms with van der Waals surface area (Å²) in [7, 11) is 0. The molecule has 24 heavy (non-hydrogen) atoms. The summed E-state index contributed by atoms with van der Waals surface area (Å²) in [5, 5.41) is 0. The highest BCUT2D eigenvalue weighted by atomic mass is 16.2. The van der Waals surface area contributed by atoms with Gasteiger partial charge in [0.15, 0.2) is 0 Å². The van der Waals surface area contributed by atoms with Crippen molar-refractivity contribution >= 4 is 11.8 Å². The van der Waals surface area contributed by atoms with Gasteiger partial charge in [0, 0.05) is 37.0 Å². The Morgan fingerprint density at radius 1 is 1.29 bits per heavy atom. The van der Waals surface area contributed by atoms with Crippen LogP contribution < -0.4 is 5.73 Å². The molecule has 0 bridgehead atoms. The van der Waals surface area contributed by atoms with E-state index in [9.17, 15) is 9.59 Å². The highest BCUT2D eigenvalue weighted by Crippen LogP contribution is 2.26. The Balaban J connectivity index is 1.75. The first-order valence-corrected chi connectivity index (χ1v) is 8.20. The van der Waals surface area contributed by atoms with E-state index in [-0.39, 0.29) is 18.4 Å². The number of likely N-dealkylation sites (tertiary alicyclic amines) is 1. The third-order valence-electron chi connectivity index (χ3n) is 4.45. The number of nitrogens with two attached hydrogens (primary N) is 1. The molecular formula is C18H22N4O2. The Labute approximate surface area is 141 Å². The first-order chi connectivity index (χ1) is 11.5. The van der Waals surface area contributed by atoms with Gasteiger partial charge in [0.2, 0.25) is 5.91 Å². The lowest BCUT2D eigenvalue weighted by Gasteiger charge is -2.32. The molecule has 1 atom stereocenters. The van der Waals surface area contributed by atoms with Crippen LogP contribution >= 0.6 is 0 Å². The molecule has 1 fully saturated rings. The van der Waals surface area contributed by atoms with Crippen molar-refractivity contribution < 1.29 is 9.59 Å². The number of aryl methyl sites for hydroxylation is 1. The number of nitrogens with zero attached hydrogens (tertiary/aromatic N) is 3. The van der Waals surface area contributed by atoms with Crippen LogP contribution in [0.2, 0.25) is 0 Å². The second kappa shape index (κ2) is 6.86. The Morgan fingerprint density at radius 2 is 2.04 bits per heavy atom. The largest absolute Gasteiger partial charge is 0.368 e. The van der Waals surface area contributed by atoms with Crippen molar-refractivity contribution in [3.63, 3.8) is 0 Å². The first-order valence-electron chi connectivity index (χ1n) is 8.20. The van der Waals surface area contributed by atoms with Gasteiger partial charge in [-0.25, -0.2) is 4.98 Å². The fraction of sp³-hybridized carbons (Fsp3) is 0.389. The van der Waals surface area contributed by atoms with Gasteiger partial charge < -0.3 is 15.2 Å². The predicted octanol–water partition coefficient (Wildman–Crippen LogP) is 1.70. The number of amides is 2. The minimum atomic E-state index is -0.391. The maximum atomic E-state index is 12.7. The molecule has 6 heteroatoms. The number of hydrogen-bond donors (Lipinski definition) is 1. The van der Waals surface area contributed by atoms with Crippen LogP contribution in [0.5, 0.6) is 0 Å². The summed E-state index contributed by atoms with van der Waals surface area (Å²) < 4.78 is 1.78. The van der Waals surface area contributed by atoms with Crippen LogP contribution in [0.4, 0.5) is 0 Å². The Morgan fingerprint density at radius 3 is 2.75 bits per heavy atom. The highest BCUT2D eigenvalue weighted by Gasteiger charge is 2.28.